The molecule has 112 valence electrons. The monoisotopic (exact) mass is 315 g/mol. The quantitative estimate of drug-likeness (QED) is 0.675. The highest BCUT2D eigenvalue weighted by atomic mass is 35.5. The van der Waals surface area contributed by atoms with Crippen LogP contribution in [0.25, 0.3) is 0 Å². The molecule has 0 bridgehead atoms. The molecule has 1 aromatic rings. The summed E-state index contributed by atoms with van der Waals surface area (Å²) in [6.45, 7) is 12.4. The molecular weight excluding hydrogens is 293 g/mol. The molecule has 0 aliphatic carbocycles. The summed E-state index contributed by atoms with van der Waals surface area (Å²) in [6, 6.07) is 3.61. The number of ether oxygens (including phenoxy) is 1. The Kier molecular flexibility index (Phi) is 7.42. The van der Waals surface area contributed by atoms with Gasteiger partial charge in [-0.1, -0.05) is 42.6 Å². The van der Waals surface area contributed by atoms with Gasteiger partial charge in [0.1, 0.15) is 5.75 Å². The van der Waals surface area contributed by atoms with Crippen molar-refractivity contribution in [1.82, 2.24) is 5.32 Å². The first-order valence-electron chi connectivity index (χ1n) is 6.86. The number of benzene rings is 1. The summed E-state index contributed by atoms with van der Waals surface area (Å²) in [6.07, 6.45) is 0.817. The van der Waals surface area contributed by atoms with Crippen LogP contribution in [0.3, 0.4) is 0 Å². The fraction of sp³-hybridized carbons (Fsp3) is 0.500. The van der Waals surface area contributed by atoms with Crippen LogP contribution in [-0.2, 0) is 6.54 Å². The molecule has 0 spiro atoms. The molecule has 0 unspecified atom stereocenters. The molecule has 0 aromatic heterocycles. The molecule has 0 aliphatic heterocycles. The van der Waals surface area contributed by atoms with Crippen molar-refractivity contribution in [3.63, 3.8) is 0 Å². The van der Waals surface area contributed by atoms with Gasteiger partial charge in [0.25, 0.3) is 0 Å². The molecule has 0 saturated heterocycles. The Balaban J connectivity index is 2.76. The third kappa shape index (κ3) is 6.17. The van der Waals surface area contributed by atoms with Crippen molar-refractivity contribution in [2.45, 2.75) is 33.7 Å². The van der Waals surface area contributed by atoms with E-state index in [4.69, 9.17) is 27.9 Å². The van der Waals surface area contributed by atoms with E-state index in [9.17, 15) is 0 Å². The highest BCUT2D eigenvalue weighted by Crippen LogP contribution is 2.32. The van der Waals surface area contributed by atoms with Crippen molar-refractivity contribution in [1.29, 1.82) is 0 Å². The lowest BCUT2D eigenvalue weighted by Gasteiger charge is -2.15. The van der Waals surface area contributed by atoms with E-state index in [0.29, 0.717) is 34.9 Å². The summed E-state index contributed by atoms with van der Waals surface area (Å²) in [4.78, 5) is 0. The molecule has 0 saturated carbocycles. The van der Waals surface area contributed by atoms with Gasteiger partial charge in [-0.15, -0.1) is 6.58 Å². The molecule has 4 heteroatoms. The zero-order valence-electron chi connectivity index (χ0n) is 12.4. The first-order valence-corrected chi connectivity index (χ1v) is 7.61. The second-order valence-corrected chi connectivity index (χ2v) is 6.30. The maximum atomic E-state index is 6.23. The third-order valence-corrected chi connectivity index (χ3v) is 3.23. The minimum absolute atomic E-state index is 0.556. The third-order valence-electron chi connectivity index (χ3n) is 2.73. The zero-order valence-corrected chi connectivity index (χ0v) is 13.9. The van der Waals surface area contributed by atoms with Gasteiger partial charge in [-0.3, -0.25) is 0 Å². The van der Waals surface area contributed by atoms with E-state index in [-0.39, 0.29) is 0 Å². The van der Waals surface area contributed by atoms with E-state index in [1.807, 2.05) is 13.0 Å². The minimum Gasteiger partial charge on any atom is -0.491 e. The summed E-state index contributed by atoms with van der Waals surface area (Å²) in [5, 5.41) is 4.56. The molecule has 0 radical (unpaired) electrons. The van der Waals surface area contributed by atoms with E-state index in [0.717, 1.165) is 24.1 Å². The molecule has 2 nitrogen and oxygen atoms in total. The summed E-state index contributed by atoms with van der Waals surface area (Å²) >= 11 is 12.3. The van der Waals surface area contributed by atoms with E-state index in [1.54, 1.807) is 6.07 Å². The van der Waals surface area contributed by atoms with E-state index in [1.165, 1.54) is 0 Å². The van der Waals surface area contributed by atoms with Crippen molar-refractivity contribution in [2.24, 2.45) is 5.92 Å². The van der Waals surface area contributed by atoms with Crippen LogP contribution in [-0.4, -0.2) is 13.2 Å². The van der Waals surface area contributed by atoms with Gasteiger partial charge >= 0.3 is 0 Å². The molecule has 0 amide bonds. The van der Waals surface area contributed by atoms with Crippen molar-refractivity contribution in [2.75, 3.05) is 13.2 Å². The van der Waals surface area contributed by atoms with Crippen LogP contribution in [0.1, 0.15) is 32.8 Å². The van der Waals surface area contributed by atoms with Crippen molar-refractivity contribution < 1.29 is 4.74 Å². The van der Waals surface area contributed by atoms with Crippen LogP contribution in [0.5, 0.6) is 5.75 Å². The van der Waals surface area contributed by atoms with Crippen molar-refractivity contribution >= 4 is 23.2 Å². The molecule has 1 rings (SSSR count). The highest BCUT2D eigenvalue weighted by molar-refractivity contribution is 6.35. The van der Waals surface area contributed by atoms with Gasteiger partial charge < -0.3 is 10.1 Å². The largest absolute Gasteiger partial charge is 0.491 e. The van der Waals surface area contributed by atoms with Gasteiger partial charge in [0.15, 0.2) is 0 Å². The Morgan fingerprint density at radius 3 is 2.65 bits per heavy atom. The minimum atomic E-state index is 0.556. The Morgan fingerprint density at radius 2 is 2.05 bits per heavy atom. The molecule has 0 fully saturated rings. The number of nitrogens with one attached hydrogen (secondary N) is 1. The van der Waals surface area contributed by atoms with E-state index < -0.39 is 0 Å². The van der Waals surface area contributed by atoms with Gasteiger partial charge in [-0.25, -0.2) is 0 Å². The maximum Gasteiger partial charge on any atom is 0.142 e. The predicted octanol–water partition coefficient (Wildman–Crippen LogP) is 5.08. The zero-order chi connectivity index (χ0) is 15.1. The van der Waals surface area contributed by atoms with Crippen LogP contribution in [0.15, 0.2) is 24.3 Å². The summed E-state index contributed by atoms with van der Waals surface area (Å²) in [5.41, 5.74) is 2.08. The van der Waals surface area contributed by atoms with Crippen LogP contribution < -0.4 is 10.1 Å². The lowest BCUT2D eigenvalue weighted by molar-refractivity contribution is 0.317. The average molecular weight is 316 g/mol. The molecule has 0 aliphatic rings. The lowest BCUT2D eigenvalue weighted by Crippen LogP contribution is -2.19. The summed E-state index contributed by atoms with van der Waals surface area (Å²) < 4.78 is 5.80. The highest BCUT2D eigenvalue weighted by Gasteiger charge is 2.11. The first-order chi connectivity index (χ1) is 9.40. The Bertz CT molecular complexity index is 458. The number of hydrogen-bond donors (Lipinski definition) is 1. The SMILES string of the molecule is C=C(C)CCOc1c(Cl)cc(Cl)cc1CNCC(C)C. The van der Waals surface area contributed by atoms with Gasteiger partial charge in [-0.2, -0.15) is 0 Å². The number of halogens is 2. The van der Waals surface area contributed by atoms with Crippen LogP contribution in [0.4, 0.5) is 0 Å². The van der Waals surface area contributed by atoms with Crippen molar-refractivity contribution in [3.8, 4) is 5.75 Å². The topological polar surface area (TPSA) is 21.3 Å². The van der Waals surface area contributed by atoms with Gasteiger partial charge in [0, 0.05) is 23.6 Å². The Labute approximate surface area is 132 Å². The van der Waals surface area contributed by atoms with Crippen LogP contribution >= 0.6 is 23.2 Å². The Hall–Kier alpha value is -0.700. The second kappa shape index (κ2) is 8.56. The smallest absolute Gasteiger partial charge is 0.142 e. The molecule has 20 heavy (non-hydrogen) atoms. The van der Waals surface area contributed by atoms with Crippen molar-refractivity contribution in [3.05, 3.63) is 39.9 Å². The van der Waals surface area contributed by atoms with Gasteiger partial charge in [-0.05, 0) is 31.5 Å². The van der Waals surface area contributed by atoms with E-state index in [2.05, 4.69) is 25.7 Å². The average Bonchev–Trinajstić information content (AvgIpc) is 2.31. The predicted molar refractivity (Wildman–Crippen MR) is 87.9 cm³/mol. The second-order valence-electron chi connectivity index (χ2n) is 5.46. The van der Waals surface area contributed by atoms with Crippen LogP contribution in [0, 0.1) is 5.92 Å². The van der Waals surface area contributed by atoms with Crippen LogP contribution in [0.2, 0.25) is 10.0 Å². The maximum absolute atomic E-state index is 6.23. The summed E-state index contributed by atoms with van der Waals surface area (Å²) in [7, 11) is 0. The lowest BCUT2D eigenvalue weighted by atomic mass is 10.1. The molecule has 0 atom stereocenters. The van der Waals surface area contributed by atoms with E-state index >= 15 is 0 Å². The molecule has 1 aromatic carbocycles. The normalized spacial score (nSPS) is 10.9. The number of rotatable bonds is 8. The first kappa shape index (κ1) is 17.4. The van der Waals surface area contributed by atoms with Gasteiger partial charge in [0.2, 0.25) is 0 Å². The fourth-order valence-corrected chi connectivity index (χ4v) is 2.32. The number of hydrogen-bond acceptors (Lipinski definition) is 2. The molecule has 1 N–H and O–H groups in total. The molecular formula is C16H23Cl2NO. The Morgan fingerprint density at radius 1 is 1.35 bits per heavy atom. The van der Waals surface area contributed by atoms with Gasteiger partial charge in [0.05, 0.1) is 11.6 Å². The summed E-state index contributed by atoms with van der Waals surface area (Å²) in [5.74, 6) is 1.31. The fourth-order valence-electron chi connectivity index (χ4n) is 1.73. The standard InChI is InChI=1S/C16H23Cl2NO/c1-11(2)5-6-20-16-13(10-19-9-12(3)4)7-14(17)8-15(16)18/h7-8,12,19H,1,5-6,9-10H2,2-4H3. The molecule has 0 heterocycles.